The van der Waals surface area contributed by atoms with Crippen LogP contribution in [0.3, 0.4) is 0 Å². The second-order valence-electron chi connectivity index (χ2n) is 5.29. The molecule has 0 bridgehead atoms. The summed E-state index contributed by atoms with van der Waals surface area (Å²) >= 11 is 0. The van der Waals surface area contributed by atoms with Crippen molar-refractivity contribution >= 4 is 23.3 Å². The van der Waals surface area contributed by atoms with Gasteiger partial charge in [0, 0.05) is 18.9 Å². The zero-order valence-corrected chi connectivity index (χ0v) is 14.0. The molecular weight excluding hydrogens is 358 g/mol. The number of carbonyl (C=O) groups is 3. The van der Waals surface area contributed by atoms with E-state index in [9.17, 15) is 23.2 Å². The molecule has 0 saturated carbocycles. The molecule has 1 aromatic carbocycles. The summed E-state index contributed by atoms with van der Waals surface area (Å²) in [5.74, 6) is -3.12. The number of anilines is 1. The minimum absolute atomic E-state index is 0.0539. The molecule has 9 heteroatoms. The minimum Gasteiger partial charge on any atom is -0.343 e. The fourth-order valence-corrected chi connectivity index (χ4v) is 2.23. The van der Waals surface area contributed by atoms with E-state index in [1.807, 2.05) is 0 Å². The fraction of sp³-hybridized carbons (Fsp3) is 0.111. The zero-order chi connectivity index (χ0) is 20.1. The van der Waals surface area contributed by atoms with Gasteiger partial charge in [0.2, 0.25) is 0 Å². The van der Waals surface area contributed by atoms with Crippen LogP contribution in [0.25, 0.3) is 0 Å². The van der Waals surface area contributed by atoms with Gasteiger partial charge in [-0.3, -0.25) is 14.4 Å². The molecule has 0 spiro atoms. The van der Waals surface area contributed by atoms with Gasteiger partial charge in [0.15, 0.2) is 5.82 Å². The van der Waals surface area contributed by atoms with E-state index in [1.165, 1.54) is 13.1 Å². The molecule has 0 aliphatic heterocycles. The van der Waals surface area contributed by atoms with Crippen LogP contribution in [0.4, 0.5) is 14.5 Å². The van der Waals surface area contributed by atoms with Crippen LogP contribution in [0.2, 0.25) is 0 Å². The van der Waals surface area contributed by atoms with Gasteiger partial charge in [-0.1, -0.05) is 5.92 Å². The summed E-state index contributed by atoms with van der Waals surface area (Å²) in [5, 5.41) is 13.2. The number of halogens is 2. The van der Waals surface area contributed by atoms with Crippen LogP contribution in [0.15, 0.2) is 24.4 Å². The maximum atomic E-state index is 14.6. The first-order chi connectivity index (χ1) is 12.8. The van der Waals surface area contributed by atoms with E-state index in [0.29, 0.717) is 0 Å². The molecule has 2 N–H and O–H groups in total. The summed E-state index contributed by atoms with van der Waals surface area (Å²) in [7, 11) is 1.31. The van der Waals surface area contributed by atoms with E-state index in [-0.39, 0.29) is 17.8 Å². The quantitative estimate of drug-likeness (QED) is 0.471. The summed E-state index contributed by atoms with van der Waals surface area (Å²) in [5.41, 5.74) is -1.38. The Balaban J connectivity index is 2.29. The van der Waals surface area contributed by atoms with Gasteiger partial charge in [-0.05, 0) is 18.2 Å². The number of aryl methyl sites for hydroxylation is 1. The zero-order valence-electron chi connectivity index (χ0n) is 14.0. The number of nitriles is 1. The predicted molar refractivity (Wildman–Crippen MR) is 90.6 cm³/mol. The molecule has 1 heterocycles. The number of aromatic nitrogens is 1. The van der Waals surface area contributed by atoms with Gasteiger partial charge < -0.3 is 15.2 Å². The van der Waals surface area contributed by atoms with E-state index in [1.54, 1.807) is 6.07 Å². The van der Waals surface area contributed by atoms with Crippen molar-refractivity contribution in [2.45, 2.75) is 0 Å². The minimum atomic E-state index is -1.20. The van der Waals surface area contributed by atoms with Crippen molar-refractivity contribution in [2.24, 2.45) is 7.05 Å². The van der Waals surface area contributed by atoms with Crippen LogP contribution in [0, 0.1) is 35.3 Å². The van der Waals surface area contributed by atoms with Crippen molar-refractivity contribution < 1.29 is 23.2 Å². The van der Waals surface area contributed by atoms with Gasteiger partial charge in [0.1, 0.15) is 17.6 Å². The van der Waals surface area contributed by atoms with Crippen LogP contribution in [-0.4, -0.2) is 28.7 Å². The number of terminal acetylenes is 1. The average molecular weight is 370 g/mol. The Morgan fingerprint density at radius 3 is 2.63 bits per heavy atom. The summed E-state index contributed by atoms with van der Waals surface area (Å²) in [4.78, 5) is 36.0. The number of rotatable bonds is 5. The van der Waals surface area contributed by atoms with Crippen molar-refractivity contribution in [1.29, 1.82) is 5.26 Å². The topological polar surface area (TPSA) is 104 Å². The highest BCUT2D eigenvalue weighted by Crippen LogP contribution is 2.19. The van der Waals surface area contributed by atoms with Crippen molar-refractivity contribution in [1.82, 2.24) is 9.88 Å². The number of hydrogen-bond donors (Lipinski definition) is 2. The summed E-state index contributed by atoms with van der Waals surface area (Å²) in [6.45, 7) is -0.210. The van der Waals surface area contributed by atoms with Crippen LogP contribution in [-0.2, 0) is 11.8 Å². The molecule has 0 saturated heterocycles. The first kappa shape index (κ1) is 19.3. The molecule has 27 heavy (non-hydrogen) atoms. The number of benzene rings is 1. The van der Waals surface area contributed by atoms with Crippen molar-refractivity contribution in [3.05, 3.63) is 52.9 Å². The SMILES string of the molecule is C#CCNC(=O)C(=O)c1cn(C)c(C(=O)Nc2ccc(F)c(C#N)c2)c1F. The van der Waals surface area contributed by atoms with Crippen molar-refractivity contribution in [2.75, 3.05) is 11.9 Å². The van der Waals surface area contributed by atoms with Gasteiger partial charge in [-0.2, -0.15) is 5.26 Å². The second-order valence-corrected chi connectivity index (χ2v) is 5.29. The molecule has 1 aromatic heterocycles. The fourth-order valence-electron chi connectivity index (χ4n) is 2.23. The highest BCUT2D eigenvalue weighted by Gasteiger charge is 2.28. The van der Waals surface area contributed by atoms with E-state index >= 15 is 0 Å². The molecule has 7 nitrogen and oxygen atoms in total. The lowest BCUT2D eigenvalue weighted by Gasteiger charge is -2.07. The van der Waals surface area contributed by atoms with Gasteiger partial charge in [0.05, 0.1) is 17.7 Å². The lowest BCUT2D eigenvalue weighted by Crippen LogP contribution is -2.31. The second kappa shape index (κ2) is 7.93. The maximum absolute atomic E-state index is 14.6. The Bertz CT molecular complexity index is 1030. The van der Waals surface area contributed by atoms with Gasteiger partial charge in [-0.25, -0.2) is 8.78 Å². The first-order valence-corrected chi connectivity index (χ1v) is 7.42. The Morgan fingerprint density at radius 1 is 1.30 bits per heavy atom. The van der Waals surface area contributed by atoms with Gasteiger partial charge in [0.25, 0.3) is 17.6 Å². The monoisotopic (exact) mass is 370 g/mol. The number of hydrogen-bond acceptors (Lipinski definition) is 4. The molecule has 0 atom stereocenters. The Hall–Kier alpha value is -3.98. The number of Topliss-reactive ketones (excluding diaryl/α,β-unsaturated/α-hetero) is 1. The van der Waals surface area contributed by atoms with Crippen molar-refractivity contribution in [3.8, 4) is 18.4 Å². The molecule has 0 radical (unpaired) electrons. The summed E-state index contributed by atoms with van der Waals surface area (Å²) in [6, 6.07) is 4.85. The van der Waals surface area contributed by atoms with Crippen LogP contribution in [0.5, 0.6) is 0 Å². The number of nitrogens with one attached hydrogen (secondary N) is 2. The Labute approximate surface area is 152 Å². The molecule has 136 valence electrons. The van der Waals surface area contributed by atoms with E-state index in [2.05, 4.69) is 16.6 Å². The molecule has 0 fully saturated rings. The molecule has 2 amide bonds. The third-order valence-corrected chi connectivity index (χ3v) is 3.48. The van der Waals surface area contributed by atoms with Crippen molar-refractivity contribution in [3.63, 3.8) is 0 Å². The average Bonchev–Trinajstić information content (AvgIpc) is 2.94. The number of ketones is 1. The molecule has 0 aliphatic rings. The smallest absolute Gasteiger partial charge is 0.293 e. The van der Waals surface area contributed by atoms with Crippen LogP contribution < -0.4 is 10.6 Å². The first-order valence-electron chi connectivity index (χ1n) is 7.42. The lowest BCUT2D eigenvalue weighted by atomic mass is 10.1. The molecule has 0 unspecified atom stereocenters. The number of amides is 2. The largest absolute Gasteiger partial charge is 0.343 e. The van der Waals surface area contributed by atoms with E-state index in [0.717, 1.165) is 22.9 Å². The van der Waals surface area contributed by atoms with E-state index < -0.39 is 40.5 Å². The number of nitrogens with zero attached hydrogens (tertiary/aromatic N) is 2. The van der Waals surface area contributed by atoms with E-state index in [4.69, 9.17) is 11.7 Å². The third-order valence-electron chi connectivity index (χ3n) is 3.48. The highest BCUT2D eigenvalue weighted by atomic mass is 19.1. The molecule has 0 aliphatic carbocycles. The predicted octanol–water partition coefficient (Wildman–Crippen LogP) is 1.36. The van der Waals surface area contributed by atoms with Crippen LogP contribution in [0.1, 0.15) is 26.4 Å². The molecular formula is C18H12F2N4O3. The third kappa shape index (κ3) is 3.99. The highest BCUT2D eigenvalue weighted by molar-refractivity contribution is 6.43. The summed E-state index contributed by atoms with van der Waals surface area (Å²) in [6.07, 6.45) is 5.96. The molecule has 2 rings (SSSR count). The van der Waals surface area contributed by atoms with Crippen LogP contribution >= 0.6 is 0 Å². The normalized spacial score (nSPS) is 9.81. The Kier molecular flexibility index (Phi) is 5.68. The number of carbonyl (C=O) groups excluding carboxylic acids is 3. The van der Waals surface area contributed by atoms with Gasteiger partial charge >= 0.3 is 0 Å². The maximum Gasteiger partial charge on any atom is 0.293 e. The summed E-state index contributed by atoms with van der Waals surface area (Å²) < 4.78 is 28.9. The lowest BCUT2D eigenvalue weighted by molar-refractivity contribution is -0.116. The standard InChI is InChI=1S/C18H12F2N4O3/c1-3-6-22-18(27)16(25)12-9-24(2)15(14(12)20)17(26)23-11-4-5-13(19)10(7-11)8-21/h1,4-5,7,9H,6H2,2H3,(H,22,27)(H,23,26). The van der Waals surface area contributed by atoms with Gasteiger partial charge in [-0.15, -0.1) is 6.42 Å². The Morgan fingerprint density at radius 2 is 2.00 bits per heavy atom. The molecule has 2 aromatic rings.